The fourth-order valence-electron chi connectivity index (χ4n) is 3.00. The number of nitro groups is 1. The number of carbonyl (C=O) groups excluding carboxylic acids is 1. The van der Waals surface area contributed by atoms with Crippen molar-refractivity contribution in [3.05, 3.63) is 63.9 Å². The molecule has 0 aliphatic carbocycles. The van der Waals surface area contributed by atoms with Crippen LogP contribution in [0, 0.1) is 10.1 Å². The van der Waals surface area contributed by atoms with Gasteiger partial charge in [-0.05, 0) is 25.0 Å². The molecule has 3 rings (SSSR count). The highest BCUT2D eigenvalue weighted by molar-refractivity contribution is 5.91. The second-order valence-electron chi connectivity index (χ2n) is 5.94. The van der Waals surface area contributed by atoms with Crippen LogP contribution in [0.3, 0.4) is 0 Å². The highest BCUT2D eigenvalue weighted by Crippen LogP contribution is 2.24. The van der Waals surface area contributed by atoms with E-state index >= 15 is 0 Å². The van der Waals surface area contributed by atoms with Crippen LogP contribution in [0.25, 0.3) is 0 Å². The maximum absolute atomic E-state index is 12.1. The van der Waals surface area contributed by atoms with E-state index < -0.39 is 16.7 Å². The van der Waals surface area contributed by atoms with Crippen LogP contribution in [0.1, 0.15) is 35.5 Å². The van der Waals surface area contributed by atoms with Gasteiger partial charge in [0.2, 0.25) is 0 Å². The summed E-state index contributed by atoms with van der Waals surface area (Å²) in [6, 6.07) is 13.0. The van der Waals surface area contributed by atoms with Crippen molar-refractivity contribution >= 4 is 11.8 Å². The minimum atomic E-state index is -0.657. The molecule has 1 aromatic heterocycles. The monoisotopic (exact) mass is 329 g/mol. The summed E-state index contributed by atoms with van der Waals surface area (Å²) in [7, 11) is 0. The van der Waals surface area contributed by atoms with E-state index in [-0.39, 0.29) is 17.8 Å². The number of furan rings is 1. The molecule has 1 saturated heterocycles. The molecule has 126 valence electrons. The van der Waals surface area contributed by atoms with Gasteiger partial charge in [0.15, 0.2) is 5.76 Å². The number of nitrogens with one attached hydrogen (secondary N) is 1. The van der Waals surface area contributed by atoms with E-state index in [2.05, 4.69) is 29.3 Å². The molecule has 0 bridgehead atoms. The molecular formula is C17H19N3O4. The molecule has 2 unspecified atom stereocenters. The van der Waals surface area contributed by atoms with Gasteiger partial charge in [0.05, 0.1) is 6.07 Å². The predicted molar refractivity (Wildman–Crippen MR) is 87.7 cm³/mol. The number of likely N-dealkylation sites (tertiary alicyclic amines) is 1. The molecule has 7 nitrogen and oxygen atoms in total. The van der Waals surface area contributed by atoms with Gasteiger partial charge < -0.3 is 9.73 Å². The largest absolute Gasteiger partial charge is 0.433 e. The summed E-state index contributed by atoms with van der Waals surface area (Å²) in [5.41, 5.74) is 1.24. The van der Waals surface area contributed by atoms with E-state index in [4.69, 9.17) is 4.42 Å². The minimum Gasteiger partial charge on any atom is -0.395 e. The number of hydrogen-bond acceptors (Lipinski definition) is 5. The zero-order valence-corrected chi connectivity index (χ0v) is 13.3. The Balaban J connectivity index is 1.57. The third-order valence-corrected chi connectivity index (χ3v) is 4.38. The number of benzene rings is 1. The molecule has 1 aromatic carbocycles. The molecule has 24 heavy (non-hydrogen) atoms. The molecule has 0 spiro atoms. The van der Waals surface area contributed by atoms with Crippen molar-refractivity contribution in [1.82, 2.24) is 10.2 Å². The Kier molecular flexibility index (Phi) is 4.61. The molecule has 1 aliphatic rings. The van der Waals surface area contributed by atoms with E-state index in [1.165, 1.54) is 17.7 Å². The second-order valence-corrected chi connectivity index (χ2v) is 5.94. The Morgan fingerprint density at radius 2 is 2.08 bits per heavy atom. The molecule has 7 heteroatoms. The van der Waals surface area contributed by atoms with E-state index in [1.807, 2.05) is 18.2 Å². The van der Waals surface area contributed by atoms with Crippen LogP contribution in [0.2, 0.25) is 0 Å². The van der Waals surface area contributed by atoms with Crippen molar-refractivity contribution in [2.24, 2.45) is 0 Å². The number of rotatable bonds is 5. The summed E-state index contributed by atoms with van der Waals surface area (Å²) in [6.45, 7) is 3.78. The molecule has 1 aliphatic heterocycles. The van der Waals surface area contributed by atoms with Crippen LogP contribution in [-0.2, 0) is 0 Å². The van der Waals surface area contributed by atoms with Crippen LogP contribution < -0.4 is 5.32 Å². The van der Waals surface area contributed by atoms with Crippen molar-refractivity contribution in [3.63, 3.8) is 0 Å². The lowest BCUT2D eigenvalue weighted by molar-refractivity contribution is -0.402. The Morgan fingerprint density at radius 3 is 2.75 bits per heavy atom. The van der Waals surface area contributed by atoms with Crippen molar-refractivity contribution in [2.45, 2.75) is 25.4 Å². The van der Waals surface area contributed by atoms with Crippen molar-refractivity contribution in [1.29, 1.82) is 0 Å². The van der Waals surface area contributed by atoms with E-state index in [0.29, 0.717) is 0 Å². The van der Waals surface area contributed by atoms with Gasteiger partial charge >= 0.3 is 5.88 Å². The number of amides is 1. The third kappa shape index (κ3) is 3.46. The molecule has 2 aromatic rings. The van der Waals surface area contributed by atoms with Gasteiger partial charge in [-0.1, -0.05) is 30.3 Å². The first kappa shape index (κ1) is 16.2. The van der Waals surface area contributed by atoms with Crippen molar-refractivity contribution in [3.8, 4) is 0 Å². The maximum atomic E-state index is 12.1. The fourth-order valence-corrected chi connectivity index (χ4v) is 3.00. The highest BCUT2D eigenvalue weighted by Gasteiger charge is 2.29. The Bertz CT molecular complexity index is 728. The van der Waals surface area contributed by atoms with Crippen LogP contribution in [0.15, 0.2) is 46.9 Å². The molecule has 1 N–H and O–H groups in total. The number of nitrogens with zero attached hydrogens (tertiary/aromatic N) is 2. The first-order valence-corrected chi connectivity index (χ1v) is 7.88. The van der Waals surface area contributed by atoms with Gasteiger partial charge in [0.1, 0.15) is 4.92 Å². The quantitative estimate of drug-likeness (QED) is 0.673. The normalized spacial score (nSPS) is 19.1. The first-order valence-electron chi connectivity index (χ1n) is 7.88. The number of carbonyl (C=O) groups is 1. The highest BCUT2D eigenvalue weighted by atomic mass is 16.6. The van der Waals surface area contributed by atoms with E-state index in [1.54, 1.807) is 0 Å². The molecule has 1 fully saturated rings. The van der Waals surface area contributed by atoms with Crippen LogP contribution in [-0.4, -0.2) is 34.9 Å². The van der Waals surface area contributed by atoms with Crippen LogP contribution in [0.5, 0.6) is 0 Å². The van der Waals surface area contributed by atoms with Gasteiger partial charge in [-0.15, -0.1) is 0 Å². The molecule has 2 heterocycles. The summed E-state index contributed by atoms with van der Waals surface area (Å²) in [5.74, 6) is -0.871. The standard InChI is InChI=1S/C17H19N3O4/c1-12(13-5-3-2-4-6-13)19-10-9-14(11-19)18-17(21)15-7-8-16(24-15)20(22)23/h2-8,12,14H,9-11H2,1H3,(H,18,21). The van der Waals surface area contributed by atoms with Crippen molar-refractivity contribution in [2.75, 3.05) is 13.1 Å². The van der Waals surface area contributed by atoms with E-state index in [9.17, 15) is 14.9 Å². The van der Waals surface area contributed by atoms with E-state index in [0.717, 1.165) is 19.5 Å². The zero-order valence-electron chi connectivity index (χ0n) is 13.3. The molecule has 0 radical (unpaired) electrons. The molecule has 1 amide bonds. The van der Waals surface area contributed by atoms with Gasteiger partial charge in [0.25, 0.3) is 5.91 Å². The summed E-state index contributed by atoms with van der Waals surface area (Å²) < 4.78 is 4.94. The number of hydrogen-bond donors (Lipinski definition) is 1. The minimum absolute atomic E-state index is 0.00724. The lowest BCUT2D eigenvalue weighted by Crippen LogP contribution is -2.37. The smallest absolute Gasteiger partial charge is 0.395 e. The zero-order chi connectivity index (χ0) is 17.1. The van der Waals surface area contributed by atoms with Crippen LogP contribution in [0.4, 0.5) is 5.88 Å². The fraction of sp³-hybridized carbons (Fsp3) is 0.353. The van der Waals surface area contributed by atoms with Gasteiger partial charge in [-0.3, -0.25) is 19.8 Å². The van der Waals surface area contributed by atoms with Gasteiger partial charge in [-0.2, -0.15) is 0 Å². The summed E-state index contributed by atoms with van der Waals surface area (Å²) in [5, 5.41) is 13.5. The Labute approximate surface area is 139 Å². The molecule has 0 saturated carbocycles. The van der Waals surface area contributed by atoms with Gasteiger partial charge in [-0.25, -0.2) is 0 Å². The average molecular weight is 329 g/mol. The van der Waals surface area contributed by atoms with Crippen LogP contribution >= 0.6 is 0 Å². The lowest BCUT2D eigenvalue weighted by Gasteiger charge is -2.24. The summed E-state index contributed by atoms with van der Waals surface area (Å²) in [4.78, 5) is 24.4. The molecule has 2 atom stereocenters. The summed E-state index contributed by atoms with van der Waals surface area (Å²) in [6.07, 6.45) is 0.839. The average Bonchev–Trinajstić information content (AvgIpc) is 3.24. The maximum Gasteiger partial charge on any atom is 0.433 e. The summed E-state index contributed by atoms with van der Waals surface area (Å²) >= 11 is 0. The second kappa shape index (κ2) is 6.84. The Morgan fingerprint density at radius 1 is 1.33 bits per heavy atom. The third-order valence-electron chi connectivity index (χ3n) is 4.38. The molecular weight excluding hydrogens is 310 g/mol. The van der Waals surface area contributed by atoms with Gasteiger partial charge in [0, 0.05) is 25.2 Å². The Hall–Kier alpha value is -2.67. The van der Waals surface area contributed by atoms with Crippen molar-refractivity contribution < 1.29 is 14.1 Å². The SMILES string of the molecule is CC(c1ccccc1)N1CCC(NC(=O)c2ccc([N+](=O)[O-])o2)C1. The lowest BCUT2D eigenvalue weighted by atomic mass is 10.1. The topological polar surface area (TPSA) is 88.6 Å². The predicted octanol–water partition coefficient (Wildman–Crippen LogP) is 2.75. The first-order chi connectivity index (χ1) is 11.5.